The van der Waals surface area contributed by atoms with Gasteiger partial charge in [-0.15, -0.1) is 0 Å². The molecule has 0 amide bonds. The van der Waals surface area contributed by atoms with Crippen LogP contribution in [0, 0.1) is 0 Å². The summed E-state index contributed by atoms with van der Waals surface area (Å²) in [6.07, 6.45) is 3.47. The van der Waals surface area contributed by atoms with E-state index < -0.39 is 6.10 Å². The molecule has 0 saturated heterocycles. The number of hydrogen-bond donors (Lipinski definition) is 0. The number of unbranched alkanes of at least 4 members (excludes halogenated alkanes) is 2. The summed E-state index contributed by atoms with van der Waals surface area (Å²) in [7, 11) is 0. The lowest BCUT2D eigenvalue weighted by atomic mass is 10.2. The fourth-order valence-electron chi connectivity index (χ4n) is 1.06. The topological polar surface area (TPSA) is 29.1 Å². The Morgan fingerprint density at radius 3 is 2.42 bits per heavy atom. The molecule has 0 aromatic heterocycles. The molecule has 0 heterocycles. The minimum Gasteiger partial charge on any atom is -0.376 e. The Bertz CT molecular complexity index is 93.8. The average Bonchev–Trinajstić information content (AvgIpc) is 2.10. The minimum atomic E-state index is -0.549. The standard InChI is InChI=1S/C10H21O2/c1-4-6-7-8-12-9(3)10(11)5-2/h9-10H,4-8H2,1-3H3. The van der Waals surface area contributed by atoms with Gasteiger partial charge in [-0.1, -0.05) is 26.7 Å². The fourth-order valence-corrected chi connectivity index (χ4v) is 1.06. The summed E-state index contributed by atoms with van der Waals surface area (Å²) in [6, 6.07) is 0. The van der Waals surface area contributed by atoms with Crippen molar-refractivity contribution in [3.8, 4) is 0 Å². The summed E-state index contributed by atoms with van der Waals surface area (Å²) in [5, 5.41) is 11.1. The van der Waals surface area contributed by atoms with Crippen molar-refractivity contribution in [3.05, 3.63) is 0 Å². The normalized spacial score (nSPS) is 16.0. The Morgan fingerprint density at radius 2 is 1.92 bits per heavy atom. The second kappa shape index (κ2) is 7.56. The molecule has 0 aliphatic rings. The summed E-state index contributed by atoms with van der Waals surface area (Å²) < 4.78 is 5.38. The van der Waals surface area contributed by atoms with Gasteiger partial charge in [0.05, 0.1) is 6.10 Å². The van der Waals surface area contributed by atoms with Gasteiger partial charge < -0.3 is 4.74 Å². The van der Waals surface area contributed by atoms with Crippen LogP contribution in [0.3, 0.4) is 0 Å². The molecule has 0 rings (SSSR count). The van der Waals surface area contributed by atoms with Gasteiger partial charge in [-0.05, 0) is 19.8 Å². The van der Waals surface area contributed by atoms with Crippen LogP contribution >= 0.6 is 0 Å². The molecule has 1 radical (unpaired) electrons. The van der Waals surface area contributed by atoms with Gasteiger partial charge in [-0.2, -0.15) is 0 Å². The minimum absolute atomic E-state index is 0.119. The third-order valence-electron chi connectivity index (χ3n) is 2.05. The van der Waals surface area contributed by atoms with Gasteiger partial charge in [0.1, 0.15) is 6.10 Å². The quantitative estimate of drug-likeness (QED) is 0.544. The third kappa shape index (κ3) is 5.56. The van der Waals surface area contributed by atoms with Crippen LogP contribution < -0.4 is 0 Å². The predicted molar refractivity (Wildman–Crippen MR) is 49.7 cm³/mol. The van der Waals surface area contributed by atoms with E-state index in [4.69, 9.17) is 4.74 Å². The Kier molecular flexibility index (Phi) is 7.51. The first kappa shape index (κ1) is 11.9. The van der Waals surface area contributed by atoms with Crippen LogP contribution in [0.15, 0.2) is 0 Å². The third-order valence-corrected chi connectivity index (χ3v) is 2.05. The van der Waals surface area contributed by atoms with E-state index >= 15 is 0 Å². The molecule has 0 aromatic rings. The van der Waals surface area contributed by atoms with Crippen molar-refractivity contribution in [1.29, 1.82) is 0 Å². The smallest absolute Gasteiger partial charge is 0.118 e. The van der Waals surface area contributed by atoms with Crippen molar-refractivity contribution < 1.29 is 9.84 Å². The van der Waals surface area contributed by atoms with Crippen LogP contribution in [0.5, 0.6) is 0 Å². The molecule has 0 fully saturated rings. The Labute approximate surface area is 75.9 Å². The number of ether oxygens (including phenoxy) is 1. The molecule has 2 unspecified atom stereocenters. The van der Waals surface area contributed by atoms with Crippen LogP contribution in [0.25, 0.3) is 0 Å². The van der Waals surface area contributed by atoms with Crippen LogP contribution in [0.4, 0.5) is 0 Å². The molecular weight excluding hydrogens is 152 g/mol. The van der Waals surface area contributed by atoms with E-state index in [2.05, 4.69) is 6.92 Å². The van der Waals surface area contributed by atoms with Gasteiger partial charge in [0.15, 0.2) is 0 Å². The first-order chi connectivity index (χ1) is 5.72. The fraction of sp³-hybridized carbons (Fsp3) is 1.00. The highest BCUT2D eigenvalue weighted by Gasteiger charge is 2.13. The summed E-state index contributed by atoms with van der Waals surface area (Å²) in [4.78, 5) is 0. The number of hydrogen-bond acceptors (Lipinski definition) is 1. The maximum Gasteiger partial charge on any atom is 0.118 e. The van der Waals surface area contributed by atoms with Crippen molar-refractivity contribution in [2.75, 3.05) is 6.61 Å². The van der Waals surface area contributed by atoms with Crippen molar-refractivity contribution in [2.45, 2.75) is 58.7 Å². The van der Waals surface area contributed by atoms with Crippen LogP contribution in [0.2, 0.25) is 0 Å². The largest absolute Gasteiger partial charge is 0.376 e. The first-order valence-corrected chi connectivity index (χ1v) is 4.99. The summed E-state index contributed by atoms with van der Waals surface area (Å²) >= 11 is 0. The van der Waals surface area contributed by atoms with Crippen LogP contribution in [-0.4, -0.2) is 18.8 Å². The van der Waals surface area contributed by atoms with Crippen molar-refractivity contribution in [2.24, 2.45) is 0 Å². The van der Waals surface area contributed by atoms with Gasteiger partial charge in [-0.25, -0.2) is 5.11 Å². The molecule has 0 N–H and O–H groups in total. The highest BCUT2D eigenvalue weighted by molar-refractivity contribution is 4.60. The molecule has 73 valence electrons. The maximum absolute atomic E-state index is 11.1. The van der Waals surface area contributed by atoms with Gasteiger partial charge in [0, 0.05) is 6.61 Å². The van der Waals surface area contributed by atoms with Gasteiger partial charge >= 0.3 is 0 Å². The zero-order valence-electron chi connectivity index (χ0n) is 8.51. The van der Waals surface area contributed by atoms with Gasteiger partial charge in [-0.3, -0.25) is 0 Å². The maximum atomic E-state index is 11.1. The highest BCUT2D eigenvalue weighted by atomic mass is 16.5. The van der Waals surface area contributed by atoms with E-state index in [-0.39, 0.29) is 6.10 Å². The Balaban J connectivity index is 3.24. The lowest BCUT2D eigenvalue weighted by Crippen LogP contribution is -2.24. The molecule has 2 nitrogen and oxygen atoms in total. The molecule has 0 aliphatic carbocycles. The van der Waals surface area contributed by atoms with E-state index in [0.29, 0.717) is 6.42 Å². The SMILES string of the molecule is CCCCCOC(C)C([O])CC. The number of rotatable bonds is 7. The molecular formula is C10H21O2. The molecule has 0 spiro atoms. The van der Waals surface area contributed by atoms with Crippen molar-refractivity contribution in [1.82, 2.24) is 0 Å². The van der Waals surface area contributed by atoms with E-state index in [9.17, 15) is 5.11 Å². The molecule has 0 aliphatic heterocycles. The van der Waals surface area contributed by atoms with Gasteiger partial charge in [0.2, 0.25) is 0 Å². The zero-order chi connectivity index (χ0) is 9.40. The van der Waals surface area contributed by atoms with E-state index in [1.165, 1.54) is 12.8 Å². The molecule has 12 heavy (non-hydrogen) atoms. The lowest BCUT2D eigenvalue weighted by molar-refractivity contribution is -0.0598. The highest BCUT2D eigenvalue weighted by Crippen LogP contribution is 2.04. The lowest BCUT2D eigenvalue weighted by Gasteiger charge is -2.15. The van der Waals surface area contributed by atoms with Gasteiger partial charge in [0.25, 0.3) is 0 Å². The summed E-state index contributed by atoms with van der Waals surface area (Å²) in [5.41, 5.74) is 0. The van der Waals surface area contributed by atoms with E-state index in [0.717, 1.165) is 13.0 Å². The summed E-state index contributed by atoms with van der Waals surface area (Å²) in [6.45, 7) is 6.68. The molecule has 0 saturated carbocycles. The molecule has 0 bridgehead atoms. The summed E-state index contributed by atoms with van der Waals surface area (Å²) in [5.74, 6) is 0. The second-order valence-electron chi connectivity index (χ2n) is 3.23. The first-order valence-electron chi connectivity index (χ1n) is 4.99. The zero-order valence-corrected chi connectivity index (χ0v) is 8.51. The predicted octanol–water partition coefficient (Wildman–Crippen LogP) is 2.79. The van der Waals surface area contributed by atoms with Crippen LogP contribution in [0.1, 0.15) is 46.5 Å². The molecule has 2 heteroatoms. The van der Waals surface area contributed by atoms with Crippen LogP contribution in [-0.2, 0) is 9.84 Å². The second-order valence-corrected chi connectivity index (χ2v) is 3.23. The van der Waals surface area contributed by atoms with Crippen molar-refractivity contribution >= 4 is 0 Å². The van der Waals surface area contributed by atoms with E-state index in [1.807, 2.05) is 13.8 Å². The average molecular weight is 173 g/mol. The molecule has 2 atom stereocenters. The molecule has 0 aromatic carbocycles. The van der Waals surface area contributed by atoms with Crippen molar-refractivity contribution in [3.63, 3.8) is 0 Å². The Hall–Kier alpha value is -0.0800. The monoisotopic (exact) mass is 173 g/mol. The van der Waals surface area contributed by atoms with E-state index in [1.54, 1.807) is 0 Å². The Morgan fingerprint density at radius 1 is 1.25 bits per heavy atom.